The van der Waals surface area contributed by atoms with Gasteiger partial charge in [-0.05, 0) is 74.5 Å². The average molecular weight is 614 g/mol. The second kappa shape index (κ2) is 11.9. The fourth-order valence-electron chi connectivity index (χ4n) is 4.75. The number of H-pyrrole nitrogens is 1. The van der Waals surface area contributed by atoms with Crippen LogP contribution in [0.1, 0.15) is 52.3 Å². The molecule has 0 bridgehead atoms. The largest absolute Gasteiger partial charge is 0.358 e. The zero-order valence-electron chi connectivity index (χ0n) is 22.5. The minimum absolute atomic E-state index is 0.138. The summed E-state index contributed by atoms with van der Waals surface area (Å²) in [6.45, 7) is 11.0. The van der Waals surface area contributed by atoms with Crippen LogP contribution in [0, 0.1) is 13.8 Å². The molecule has 39 heavy (non-hydrogen) atoms. The van der Waals surface area contributed by atoms with Crippen LogP contribution in [0.25, 0.3) is 11.6 Å². The number of carbonyl (C=O) groups is 2. The molecule has 206 valence electrons. The Morgan fingerprint density at radius 1 is 1.08 bits per heavy atom. The first kappa shape index (κ1) is 28.8. The number of hydrogen-bond acceptors (Lipinski definition) is 5. The summed E-state index contributed by atoms with van der Waals surface area (Å²) in [6.07, 6.45) is 1.68. The number of hydrogen-bond donors (Lipinski definition) is 3. The van der Waals surface area contributed by atoms with Gasteiger partial charge in [-0.2, -0.15) is 0 Å². The van der Waals surface area contributed by atoms with Gasteiger partial charge in [0, 0.05) is 40.2 Å². The number of aromatic amines is 1. The number of nitrogens with one attached hydrogen (secondary N) is 3. The summed E-state index contributed by atoms with van der Waals surface area (Å²) >= 11 is 3.36. The topological polar surface area (TPSA) is 111 Å². The van der Waals surface area contributed by atoms with E-state index >= 15 is 0 Å². The monoisotopic (exact) mass is 612 g/mol. The van der Waals surface area contributed by atoms with E-state index in [9.17, 15) is 18.0 Å². The molecule has 0 atom stereocenters. The van der Waals surface area contributed by atoms with E-state index in [2.05, 4.69) is 50.3 Å². The smallest absolute Gasteiger partial charge is 0.256 e. The van der Waals surface area contributed by atoms with Gasteiger partial charge < -0.3 is 20.5 Å². The zero-order chi connectivity index (χ0) is 28.3. The predicted molar refractivity (Wildman–Crippen MR) is 158 cm³/mol. The molecular formula is C29H33BrN4O4S. The third-order valence-corrected chi connectivity index (χ3v) is 9.22. The fraction of sp³-hybridized carbons (Fsp3) is 0.310. The van der Waals surface area contributed by atoms with Crippen LogP contribution in [0.3, 0.4) is 0 Å². The first-order chi connectivity index (χ1) is 18.5. The van der Waals surface area contributed by atoms with Gasteiger partial charge in [-0.1, -0.05) is 41.9 Å². The van der Waals surface area contributed by atoms with Crippen LogP contribution in [0.15, 0.2) is 51.8 Å². The van der Waals surface area contributed by atoms with E-state index in [1.807, 2.05) is 13.8 Å². The normalized spacial score (nSPS) is 14.1. The average Bonchev–Trinajstić information content (AvgIpc) is 3.36. The number of likely N-dealkylation sites (N-methyl/N-ethyl adjacent to an activating group) is 1. The van der Waals surface area contributed by atoms with Crippen molar-refractivity contribution in [1.82, 2.24) is 15.2 Å². The molecule has 4 rings (SSSR count). The Labute approximate surface area is 237 Å². The first-order valence-corrected chi connectivity index (χ1v) is 15.3. The van der Waals surface area contributed by atoms with Gasteiger partial charge in [0.15, 0.2) is 9.84 Å². The van der Waals surface area contributed by atoms with Crippen molar-refractivity contribution in [3.63, 3.8) is 0 Å². The fourth-order valence-corrected chi connectivity index (χ4v) is 6.38. The summed E-state index contributed by atoms with van der Waals surface area (Å²) in [5.74, 6) is -0.652. The maximum atomic E-state index is 13.2. The Morgan fingerprint density at radius 3 is 2.44 bits per heavy atom. The lowest BCUT2D eigenvalue weighted by Gasteiger charge is -2.18. The van der Waals surface area contributed by atoms with Crippen LogP contribution in [0.2, 0.25) is 0 Å². The van der Waals surface area contributed by atoms with Crippen molar-refractivity contribution in [3.8, 4) is 0 Å². The van der Waals surface area contributed by atoms with Gasteiger partial charge in [0.1, 0.15) is 0 Å². The molecule has 0 aliphatic carbocycles. The second-order valence-electron chi connectivity index (χ2n) is 9.55. The maximum Gasteiger partial charge on any atom is 0.256 e. The van der Waals surface area contributed by atoms with Gasteiger partial charge >= 0.3 is 0 Å². The molecule has 1 aliphatic heterocycles. The molecule has 0 saturated heterocycles. The van der Waals surface area contributed by atoms with Crippen molar-refractivity contribution in [2.45, 2.75) is 38.3 Å². The van der Waals surface area contributed by atoms with Crippen molar-refractivity contribution < 1.29 is 18.0 Å². The molecule has 0 radical (unpaired) electrons. The SMILES string of the molecule is CCN(CC)CCNC(=O)c1c(C)[nH]c(C=C2C(=O)Nc3ccc(S(=O)(=O)Cc4ccc(Br)cc4)cc32)c1C. The van der Waals surface area contributed by atoms with Crippen molar-refractivity contribution in [2.75, 3.05) is 31.5 Å². The summed E-state index contributed by atoms with van der Waals surface area (Å²) in [7, 11) is -3.65. The van der Waals surface area contributed by atoms with Gasteiger partial charge in [-0.25, -0.2) is 8.42 Å². The third kappa shape index (κ3) is 6.34. The van der Waals surface area contributed by atoms with Crippen LogP contribution < -0.4 is 10.6 Å². The lowest BCUT2D eigenvalue weighted by molar-refractivity contribution is -0.110. The molecule has 3 N–H and O–H groups in total. The number of halogens is 1. The van der Waals surface area contributed by atoms with Crippen LogP contribution in [0.5, 0.6) is 0 Å². The van der Waals surface area contributed by atoms with Gasteiger partial charge in [0.25, 0.3) is 11.8 Å². The highest BCUT2D eigenvalue weighted by atomic mass is 79.9. The molecular weight excluding hydrogens is 580 g/mol. The Hall–Kier alpha value is -3.21. The lowest BCUT2D eigenvalue weighted by atomic mass is 10.0. The number of carbonyl (C=O) groups excluding carboxylic acids is 2. The Balaban J connectivity index is 1.60. The van der Waals surface area contributed by atoms with Crippen molar-refractivity contribution in [2.24, 2.45) is 0 Å². The third-order valence-electron chi connectivity index (χ3n) is 7.00. The number of amides is 2. The molecule has 2 heterocycles. The van der Waals surface area contributed by atoms with E-state index in [4.69, 9.17) is 0 Å². The lowest BCUT2D eigenvalue weighted by Crippen LogP contribution is -2.35. The van der Waals surface area contributed by atoms with Crippen LogP contribution in [0.4, 0.5) is 5.69 Å². The molecule has 3 aromatic rings. The van der Waals surface area contributed by atoms with E-state index in [1.54, 1.807) is 42.5 Å². The van der Waals surface area contributed by atoms with Crippen LogP contribution in [-0.4, -0.2) is 56.3 Å². The second-order valence-corrected chi connectivity index (χ2v) is 12.5. The zero-order valence-corrected chi connectivity index (χ0v) is 24.9. The van der Waals surface area contributed by atoms with Crippen molar-refractivity contribution in [3.05, 3.63) is 80.6 Å². The Kier molecular flexibility index (Phi) is 8.78. The summed E-state index contributed by atoms with van der Waals surface area (Å²) in [5.41, 5.74) is 4.66. The Morgan fingerprint density at radius 2 is 1.77 bits per heavy atom. The number of nitrogens with zero attached hydrogens (tertiary/aromatic N) is 1. The summed E-state index contributed by atoms with van der Waals surface area (Å²) in [6, 6.07) is 11.8. The summed E-state index contributed by atoms with van der Waals surface area (Å²) in [4.78, 5) is 31.4. The van der Waals surface area contributed by atoms with Crippen LogP contribution >= 0.6 is 15.9 Å². The maximum absolute atomic E-state index is 13.2. The van der Waals surface area contributed by atoms with Crippen LogP contribution in [-0.2, 0) is 20.4 Å². The summed E-state index contributed by atoms with van der Waals surface area (Å²) in [5, 5.41) is 5.80. The van der Waals surface area contributed by atoms with Gasteiger partial charge in [-0.3, -0.25) is 9.59 Å². The predicted octanol–water partition coefficient (Wildman–Crippen LogP) is 4.93. The van der Waals surface area contributed by atoms with E-state index in [0.717, 1.165) is 29.7 Å². The highest BCUT2D eigenvalue weighted by molar-refractivity contribution is 9.10. The van der Waals surface area contributed by atoms with E-state index in [0.29, 0.717) is 45.9 Å². The number of sulfone groups is 1. The standard InChI is InChI=1S/C29H33BrN4O4S/c1-5-34(6-2)14-13-31-29(36)27-18(3)26(32-19(27)4)16-24-23-15-22(11-12-25(23)33-28(24)35)39(37,38)17-20-7-9-21(30)10-8-20/h7-12,15-16,32H,5-6,13-14,17H2,1-4H3,(H,31,36)(H,33,35). The molecule has 2 aromatic carbocycles. The number of rotatable bonds is 10. The minimum Gasteiger partial charge on any atom is -0.358 e. The molecule has 2 amide bonds. The van der Waals surface area contributed by atoms with Crippen molar-refractivity contribution in [1.29, 1.82) is 0 Å². The minimum atomic E-state index is -3.65. The number of fused-ring (bicyclic) bond motifs is 1. The molecule has 1 aromatic heterocycles. The highest BCUT2D eigenvalue weighted by Gasteiger charge is 2.28. The van der Waals surface area contributed by atoms with E-state index in [-0.39, 0.29) is 22.5 Å². The molecule has 0 unspecified atom stereocenters. The Bertz CT molecular complexity index is 1540. The molecule has 0 saturated carbocycles. The molecule has 0 spiro atoms. The van der Waals surface area contributed by atoms with Gasteiger partial charge in [-0.15, -0.1) is 0 Å². The molecule has 8 nitrogen and oxygen atoms in total. The molecule has 10 heteroatoms. The number of anilines is 1. The molecule has 0 fully saturated rings. The number of aromatic nitrogens is 1. The number of benzene rings is 2. The van der Waals surface area contributed by atoms with Crippen molar-refractivity contribution >= 4 is 54.9 Å². The summed E-state index contributed by atoms with van der Waals surface area (Å²) < 4.78 is 27.2. The van der Waals surface area contributed by atoms with E-state index < -0.39 is 9.84 Å². The van der Waals surface area contributed by atoms with E-state index in [1.165, 1.54) is 6.07 Å². The first-order valence-electron chi connectivity index (χ1n) is 12.9. The molecule has 1 aliphatic rings. The number of aryl methyl sites for hydroxylation is 1. The highest BCUT2D eigenvalue weighted by Crippen LogP contribution is 2.36. The van der Waals surface area contributed by atoms with Gasteiger partial charge in [0.2, 0.25) is 0 Å². The quantitative estimate of drug-likeness (QED) is 0.281. The van der Waals surface area contributed by atoms with Gasteiger partial charge in [0.05, 0.1) is 21.8 Å².